The SMILES string of the molecule is COC(=O)c1c(-c2ccccc2COCC2CC2)nn(-c2ccccc2)c1C(=O)OC. The molecule has 0 aliphatic heterocycles. The maximum absolute atomic E-state index is 12.8. The van der Waals surface area contributed by atoms with E-state index in [2.05, 4.69) is 5.10 Å². The monoisotopic (exact) mass is 420 g/mol. The maximum Gasteiger partial charge on any atom is 0.357 e. The van der Waals surface area contributed by atoms with Gasteiger partial charge in [0.15, 0.2) is 5.69 Å². The van der Waals surface area contributed by atoms with Crippen molar-refractivity contribution in [2.75, 3.05) is 20.8 Å². The van der Waals surface area contributed by atoms with Crippen LogP contribution in [-0.2, 0) is 20.8 Å². The van der Waals surface area contributed by atoms with Crippen LogP contribution in [0.25, 0.3) is 16.9 Å². The predicted octanol–water partition coefficient (Wildman–Crippen LogP) is 4.04. The summed E-state index contributed by atoms with van der Waals surface area (Å²) < 4.78 is 17.3. The summed E-state index contributed by atoms with van der Waals surface area (Å²) in [6.45, 7) is 1.10. The van der Waals surface area contributed by atoms with Crippen LogP contribution in [0.3, 0.4) is 0 Å². The molecule has 0 atom stereocenters. The molecule has 3 aromatic rings. The topological polar surface area (TPSA) is 79.7 Å². The average molecular weight is 420 g/mol. The van der Waals surface area contributed by atoms with Crippen molar-refractivity contribution in [2.24, 2.45) is 5.92 Å². The van der Waals surface area contributed by atoms with Crippen molar-refractivity contribution in [3.05, 3.63) is 71.4 Å². The van der Waals surface area contributed by atoms with Crippen LogP contribution in [0, 0.1) is 5.92 Å². The van der Waals surface area contributed by atoms with Crippen molar-refractivity contribution >= 4 is 11.9 Å². The third kappa shape index (κ3) is 4.36. The summed E-state index contributed by atoms with van der Waals surface area (Å²) in [5.41, 5.74) is 2.64. The van der Waals surface area contributed by atoms with Crippen LogP contribution in [0.4, 0.5) is 0 Å². The number of nitrogens with zero attached hydrogens (tertiary/aromatic N) is 2. The number of carbonyl (C=O) groups excluding carboxylic acids is 2. The molecule has 1 aliphatic carbocycles. The molecule has 1 aromatic heterocycles. The Hall–Kier alpha value is -3.45. The van der Waals surface area contributed by atoms with E-state index in [1.165, 1.54) is 31.7 Å². The van der Waals surface area contributed by atoms with Gasteiger partial charge < -0.3 is 14.2 Å². The Labute approximate surface area is 180 Å². The van der Waals surface area contributed by atoms with Crippen LogP contribution in [0.5, 0.6) is 0 Å². The molecule has 1 fully saturated rings. The van der Waals surface area contributed by atoms with Crippen molar-refractivity contribution < 1.29 is 23.8 Å². The van der Waals surface area contributed by atoms with Crippen molar-refractivity contribution in [1.29, 1.82) is 0 Å². The van der Waals surface area contributed by atoms with Crippen LogP contribution < -0.4 is 0 Å². The van der Waals surface area contributed by atoms with E-state index < -0.39 is 11.9 Å². The molecule has 0 radical (unpaired) electrons. The third-order valence-corrected chi connectivity index (χ3v) is 5.23. The second-order valence-corrected chi connectivity index (χ2v) is 7.42. The van der Waals surface area contributed by atoms with Crippen LogP contribution in [-0.4, -0.2) is 42.5 Å². The summed E-state index contributed by atoms with van der Waals surface area (Å²) in [6, 6.07) is 16.7. The van der Waals surface area contributed by atoms with Gasteiger partial charge in [0.05, 0.1) is 26.5 Å². The Morgan fingerprint density at radius 3 is 2.32 bits per heavy atom. The maximum atomic E-state index is 12.8. The lowest BCUT2D eigenvalue weighted by Gasteiger charge is -2.10. The van der Waals surface area contributed by atoms with E-state index in [1.54, 1.807) is 12.1 Å². The molecule has 7 nitrogen and oxygen atoms in total. The van der Waals surface area contributed by atoms with Gasteiger partial charge in [-0.25, -0.2) is 14.3 Å². The van der Waals surface area contributed by atoms with Gasteiger partial charge in [-0.2, -0.15) is 5.10 Å². The number of benzene rings is 2. The van der Waals surface area contributed by atoms with Gasteiger partial charge in [0, 0.05) is 12.2 Å². The molecule has 0 spiro atoms. The van der Waals surface area contributed by atoms with Crippen LogP contribution >= 0.6 is 0 Å². The fourth-order valence-corrected chi connectivity index (χ4v) is 3.44. The molecule has 31 heavy (non-hydrogen) atoms. The smallest absolute Gasteiger partial charge is 0.357 e. The van der Waals surface area contributed by atoms with Gasteiger partial charge in [-0.1, -0.05) is 42.5 Å². The third-order valence-electron chi connectivity index (χ3n) is 5.23. The zero-order chi connectivity index (χ0) is 21.8. The van der Waals surface area contributed by atoms with E-state index in [9.17, 15) is 9.59 Å². The lowest BCUT2D eigenvalue weighted by atomic mass is 10.0. The number of para-hydroxylation sites is 1. The fourth-order valence-electron chi connectivity index (χ4n) is 3.44. The molecule has 7 heteroatoms. The van der Waals surface area contributed by atoms with E-state index in [-0.39, 0.29) is 11.3 Å². The molecule has 0 unspecified atom stereocenters. The Morgan fingerprint density at radius 1 is 0.968 bits per heavy atom. The second-order valence-electron chi connectivity index (χ2n) is 7.42. The number of hydrogen-bond donors (Lipinski definition) is 0. The summed E-state index contributed by atoms with van der Waals surface area (Å²) in [7, 11) is 2.54. The Morgan fingerprint density at radius 2 is 1.65 bits per heavy atom. The van der Waals surface area contributed by atoms with Crippen LogP contribution in [0.2, 0.25) is 0 Å². The summed E-state index contributed by atoms with van der Waals surface area (Å²) in [5, 5.41) is 4.66. The minimum absolute atomic E-state index is 0.0178. The highest BCUT2D eigenvalue weighted by Crippen LogP contribution is 2.33. The highest BCUT2D eigenvalue weighted by atomic mass is 16.5. The number of carbonyl (C=O) groups is 2. The largest absolute Gasteiger partial charge is 0.465 e. The molecule has 0 N–H and O–H groups in total. The highest BCUT2D eigenvalue weighted by molar-refractivity contribution is 6.07. The zero-order valence-electron chi connectivity index (χ0n) is 17.5. The van der Waals surface area contributed by atoms with Gasteiger partial charge in [0.25, 0.3) is 0 Å². The number of aromatic nitrogens is 2. The number of ether oxygens (including phenoxy) is 3. The first-order valence-corrected chi connectivity index (χ1v) is 10.1. The number of rotatable bonds is 8. The Balaban J connectivity index is 1.87. The molecule has 2 aromatic carbocycles. The molecule has 0 bridgehead atoms. The lowest BCUT2D eigenvalue weighted by Crippen LogP contribution is -2.15. The minimum Gasteiger partial charge on any atom is -0.465 e. The summed E-state index contributed by atoms with van der Waals surface area (Å²) in [6.07, 6.45) is 2.41. The molecule has 1 saturated carbocycles. The van der Waals surface area contributed by atoms with E-state index in [4.69, 9.17) is 14.2 Å². The summed E-state index contributed by atoms with van der Waals surface area (Å²) in [5.74, 6) is -0.697. The molecule has 0 saturated heterocycles. The number of methoxy groups -OCH3 is 2. The first-order valence-electron chi connectivity index (χ1n) is 10.1. The molecule has 1 aliphatic rings. The molecule has 0 amide bonds. The average Bonchev–Trinajstić information content (AvgIpc) is 3.56. The van der Waals surface area contributed by atoms with Crippen LogP contribution in [0.1, 0.15) is 39.3 Å². The van der Waals surface area contributed by atoms with Gasteiger partial charge in [0.2, 0.25) is 0 Å². The van der Waals surface area contributed by atoms with Crippen molar-refractivity contribution in [1.82, 2.24) is 9.78 Å². The normalized spacial score (nSPS) is 13.1. The van der Waals surface area contributed by atoms with E-state index in [0.29, 0.717) is 36.1 Å². The zero-order valence-corrected chi connectivity index (χ0v) is 17.5. The lowest BCUT2D eigenvalue weighted by molar-refractivity contribution is 0.0549. The van der Waals surface area contributed by atoms with E-state index >= 15 is 0 Å². The standard InChI is InChI=1S/C24H24N2O5/c1-29-23(27)20-21(19-11-7-6-8-17(19)15-31-14-16-12-13-16)25-26(22(20)24(28)30-2)18-9-4-3-5-10-18/h3-11,16H,12-15H2,1-2H3. The van der Waals surface area contributed by atoms with Crippen molar-refractivity contribution in [2.45, 2.75) is 19.4 Å². The first-order chi connectivity index (χ1) is 15.1. The summed E-state index contributed by atoms with van der Waals surface area (Å²) in [4.78, 5) is 25.5. The number of esters is 2. The molecule has 160 valence electrons. The number of hydrogen-bond acceptors (Lipinski definition) is 6. The van der Waals surface area contributed by atoms with Gasteiger partial charge in [0.1, 0.15) is 11.3 Å². The second kappa shape index (κ2) is 9.14. The highest BCUT2D eigenvalue weighted by Gasteiger charge is 2.32. The predicted molar refractivity (Wildman–Crippen MR) is 114 cm³/mol. The van der Waals surface area contributed by atoms with Crippen molar-refractivity contribution in [3.8, 4) is 16.9 Å². The minimum atomic E-state index is -0.675. The Bertz CT molecular complexity index is 1090. The van der Waals surface area contributed by atoms with Gasteiger partial charge in [-0.15, -0.1) is 0 Å². The molecule has 4 rings (SSSR count). The molecular formula is C24H24N2O5. The van der Waals surface area contributed by atoms with Crippen molar-refractivity contribution in [3.63, 3.8) is 0 Å². The van der Waals surface area contributed by atoms with E-state index in [1.807, 2.05) is 42.5 Å². The van der Waals surface area contributed by atoms with Gasteiger partial charge in [-0.05, 0) is 36.5 Å². The molecule has 1 heterocycles. The van der Waals surface area contributed by atoms with Gasteiger partial charge in [-0.3, -0.25) is 0 Å². The Kier molecular flexibility index (Phi) is 6.13. The molecular weight excluding hydrogens is 396 g/mol. The summed E-state index contributed by atoms with van der Waals surface area (Å²) >= 11 is 0. The van der Waals surface area contributed by atoms with Crippen LogP contribution in [0.15, 0.2) is 54.6 Å². The quantitative estimate of drug-likeness (QED) is 0.512. The van der Waals surface area contributed by atoms with E-state index in [0.717, 1.165) is 5.56 Å². The van der Waals surface area contributed by atoms with Gasteiger partial charge >= 0.3 is 11.9 Å². The fraction of sp³-hybridized carbons (Fsp3) is 0.292. The first kappa shape index (κ1) is 20.8.